The minimum atomic E-state index is 1.12. The fourth-order valence-corrected chi connectivity index (χ4v) is 7.98. The Balaban J connectivity index is 1.36. The molecule has 0 bridgehead atoms. The number of thiophene rings is 1. The standard InChI is InChI=1S/C44H29NS/c1-3-13-30(14-4-1)36-25-23-33(28-40(36)31-15-5-2-6-16-31)45(34-24-26-44-41(29-34)39-21-11-12-22-43(39)46-44)42-27-32-17-7-8-18-35(32)37-19-9-10-20-38(37)42/h1-29H. The summed E-state index contributed by atoms with van der Waals surface area (Å²) >= 11 is 1.86. The molecule has 0 saturated heterocycles. The lowest BCUT2D eigenvalue weighted by atomic mass is 9.93. The van der Waals surface area contributed by atoms with Crippen LogP contribution in [-0.4, -0.2) is 0 Å². The van der Waals surface area contributed by atoms with Gasteiger partial charge in [0.05, 0.1) is 5.69 Å². The summed E-state index contributed by atoms with van der Waals surface area (Å²) < 4.78 is 2.62. The highest BCUT2D eigenvalue weighted by Crippen LogP contribution is 2.46. The maximum Gasteiger partial charge on any atom is 0.0546 e. The molecule has 0 radical (unpaired) electrons. The van der Waals surface area contributed by atoms with Crippen molar-refractivity contribution in [2.24, 2.45) is 0 Å². The first-order valence-corrected chi connectivity index (χ1v) is 16.5. The lowest BCUT2D eigenvalue weighted by Crippen LogP contribution is -2.11. The van der Waals surface area contributed by atoms with Gasteiger partial charge in [0.25, 0.3) is 0 Å². The van der Waals surface area contributed by atoms with E-state index in [1.165, 1.54) is 69.7 Å². The van der Waals surface area contributed by atoms with Gasteiger partial charge in [0.1, 0.15) is 0 Å². The molecule has 0 spiro atoms. The Morgan fingerprint density at radius 2 is 0.913 bits per heavy atom. The molecule has 0 fully saturated rings. The van der Waals surface area contributed by atoms with Crippen molar-refractivity contribution in [3.8, 4) is 22.3 Å². The van der Waals surface area contributed by atoms with E-state index in [0.29, 0.717) is 0 Å². The van der Waals surface area contributed by atoms with Gasteiger partial charge in [-0.05, 0) is 80.9 Å². The molecule has 0 unspecified atom stereocenters. The summed E-state index contributed by atoms with van der Waals surface area (Å²) in [7, 11) is 0. The Morgan fingerprint density at radius 3 is 1.70 bits per heavy atom. The summed E-state index contributed by atoms with van der Waals surface area (Å²) in [6.07, 6.45) is 0. The Hall–Kier alpha value is -5.70. The van der Waals surface area contributed by atoms with Crippen molar-refractivity contribution in [3.63, 3.8) is 0 Å². The smallest absolute Gasteiger partial charge is 0.0546 e. The Bertz CT molecular complexity index is 2530. The van der Waals surface area contributed by atoms with Gasteiger partial charge in [-0.3, -0.25) is 0 Å². The number of fused-ring (bicyclic) bond motifs is 6. The average molecular weight is 604 g/mol. The molecule has 8 aromatic carbocycles. The Kier molecular flexibility index (Phi) is 6.40. The zero-order valence-corrected chi connectivity index (χ0v) is 25.9. The zero-order valence-electron chi connectivity index (χ0n) is 25.1. The van der Waals surface area contributed by atoms with Crippen LogP contribution in [0.3, 0.4) is 0 Å². The minimum Gasteiger partial charge on any atom is -0.310 e. The number of nitrogens with zero attached hydrogens (tertiary/aromatic N) is 1. The molecule has 9 rings (SSSR count). The van der Waals surface area contributed by atoms with Crippen LogP contribution in [0, 0.1) is 0 Å². The van der Waals surface area contributed by atoms with Crippen LogP contribution in [0.4, 0.5) is 17.1 Å². The molecule has 2 heteroatoms. The lowest BCUT2D eigenvalue weighted by Gasteiger charge is -2.29. The molecule has 216 valence electrons. The SMILES string of the molecule is c1ccc(-c2ccc(N(c3ccc4sc5ccccc5c4c3)c3cc4ccccc4c4ccccc34)cc2-c2ccccc2)cc1. The predicted octanol–water partition coefficient (Wildman–Crippen LogP) is 13.2. The molecule has 0 atom stereocenters. The summed E-state index contributed by atoms with van der Waals surface area (Å²) in [6, 6.07) is 64.1. The molecule has 0 saturated carbocycles. The van der Waals surface area contributed by atoms with Crippen molar-refractivity contribution in [1.29, 1.82) is 0 Å². The minimum absolute atomic E-state index is 1.12. The van der Waals surface area contributed by atoms with Gasteiger partial charge in [-0.15, -0.1) is 11.3 Å². The summed E-state index contributed by atoms with van der Waals surface area (Å²) in [5.41, 5.74) is 8.27. The molecule has 0 amide bonds. The molecule has 46 heavy (non-hydrogen) atoms. The Morgan fingerprint density at radius 1 is 0.348 bits per heavy atom. The second-order valence-electron chi connectivity index (χ2n) is 11.7. The van der Waals surface area contributed by atoms with Crippen LogP contribution >= 0.6 is 11.3 Å². The van der Waals surface area contributed by atoms with Gasteiger partial charge in [-0.1, -0.05) is 133 Å². The molecule has 1 heterocycles. The maximum atomic E-state index is 2.46. The first-order valence-electron chi connectivity index (χ1n) is 15.7. The molecule has 0 aliphatic heterocycles. The maximum absolute atomic E-state index is 2.46. The van der Waals surface area contributed by atoms with E-state index in [2.05, 4.69) is 181 Å². The predicted molar refractivity (Wildman–Crippen MR) is 200 cm³/mol. The molecule has 9 aromatic rings. The summed E-state index contributed by atoms with van der Waals surface area (Å²) in [6.45, 7) is 0. The van der Waals surface area contributed by atoms with Crippen LogP contribution in [-0.2, 0) is 0 Å². The van der Waals surface area contributed by atoms with E-state index in [4.69, 9.17) is 0 Å². The molecule has 1 nitrogen and oxygen atoms in total. The fraction of sp³-hybridized carbons (Fsp3) is 0. The van der Waals surface area contributed by atoms with Crippen LogP contribution in [0.5, 0.6) is 0 Å². The first kappa shape index (κ1) is 26.7. The summed E-state index contributed by atoms with van der Waals surface area (Å²) in [5, 5.41) is 7.57. The third-order valence-electron chi connectivity index (χ3n) is 9.04. The van der Waals surface area contributed by atoms with Crippen LogP contribution in [0.1, 0.15) is 0 Å². The monoisotopic (exact) mass is 603 g/mol. The number of hydrogen-bond donors (Lipinski definition) is 0. The third kappa shape index (κ3) is 4.46. The number of benzene rings is 8. The van der Waals surface area contributed by atoms with Gasteiger partial charge >= 0.3 is 0 Å². The van der Waals surface area contributed by atoms with Crippen LogP contribution in [0.15, 0.2) is 176 Å². The highest BCUT2D eigenvalue weighted by molar-refractivity contribution is 7.25. The second kappa shape index (κ2) is 11.0. The average Bonchev–Trinajstić information content (AvgIpc) is 3.51. The van der Waals surface area contributed by atoms with E-state index in [-0.39, 0.29) is 0 Å². The topological polar surface area (TPSA) is 3.24 Å². The van der Waals surface area contributed by atoms with Crippen molar-refractivity contribution in [2.75, 3.05) is 4.90 Å². The highest BCUT2D eigenvalue weighted by Gasteiger charge is 2.20. The van der Waals surface area contributed by atoms with Crippen LogP contribution in [0.2, 0.25) is 0 Å². The molecule has 0 aliphatic carbocycles. The molecule has 0 N–H and O–H groups in total. The number of rotatable bonds is 5. The van der Waals surface area contributed by atoms with Crippen molar-refractivity contribution in [1.82, 2.24) is 0 Å². The zero-order chi connectivity index (χ0) is 30.5. The van der Waals surface area contributed by atoms with Gasteiger partial charge in [-0.2, -0.15) is 0 Å². The van der Waals surface area contributed by atoms with Crippen LogP contribution < -0.4 is 4.90 Å². The van der Waals surface area contributed by atoms with E-state index >= 15 is 0 Å². The molecular weight excluding hydrogens is 575 g/mol. The van der Waals surface area contributed by atoms with Crippen LogP contribution in [0.25, 0.3) is 64.0 Å². The molecule has 0 aliphatic rings. The number of anilines is 3. The quantitative estimate of drug-likeness (QED) is 0.177. The lowest BCUT2D eigenvalue weighted by molar-refractivity contribution is 1.31. The van der Waals surface area contributed by atoms with Gasteiger partial charge < -0.3 is 4.90 Å². The molecular formula is C44H29NS. The van der Waals surface area contributed by atoms with Crippen molar-refractivity contribution in [3.05, 3.63) is 176 Å². The van der Waals surface area contributed by atoms with E-state index in [9.17, 15) is 0 Å². The third-order valence-corrected chi connectivity index (χ3v) is 10.2. The van der Waals surface area contributed by atoms with Gasteiger partial charge in [-0.25, -0.2) is 0 Å². The first-order chi connectivity index (χ1) is 22.8. The summed E-state index contributed by atoms with van der Waals surface area (Å²) in [5.74, 6) is 0. The number of hydrogen-bond acceptors (Lipinski definition) is 2. The Labute approximate surface area is 272 Å². The van der Waals surface area contributed by atoms with Crippen molar-refractivity contribution in [2.45, 2.75) is 0 Å². The van der Waals surface area contributed by atoms with E-state index in [1.54, 1.807) is 0 Å². The van der Waals surface area contributed by atoms with Crippen molar-refractivity contribution >= 4 is 70.1 Å². The summed E-state index contributed by atoms with van der Waals surface area (Å²) in [4.78, 5) is 2.46. The van der Waals surface area contributed by atoms with E-state index in [1.807, 2.05) is 11.3 Å². The van der Waals surface area contributed by atoms with Gasteiger partial charge in [0.2, 0.25) is 0 Å². The van der Waals surface area contributed by atoms with Crippen molar-refractivity contribution < 1.29 is 0 Å². The normalized spacial score (nSPS) is 11.5. The van der Waals surface area contributed by atoms with Gasteiger partial charge in [0, 0.05) is 36.9 Å². The van der Waals surface area contributed by atoms with Gasteiger partial charge in [0.15, 0.2) is 0 Å². The fourth-order valence-electron chi connectivity index (χ4n) is 6.90. The largest absolute Gasteiger partial charge is 0.310 e. The highest BCUT2D eigenvalue weighted by atomic mass is 32.1. The van der Waals surface area contributed by atoms with E-state index in [0.717, 1.165) is 11.4 Å². The molecule has 1 aromatic heterocycles. The second-order valence-corrected chi connectivity index (χ2v) is 12.8. The van der Waals surface area contributed by atoms with E-state index < -0.39 is 0 Å².